The number of hydrogen-bond donors (Lipinski definition) is 0. The van der Waals surface area contributed by atoms with Crippen LogP contribution >= 0.6 is 0 Å². The largest absolute Gasteiger partial charge is 0.383 e. The zero-order valence-corrected chi connectivity index (χ0v) is 7.37. The summed E-state index contributed by atoms with van der Waals surface area (Å²) in [5.74, 6) is 0.161. The normalized spacial score (nSPS) is 11.2. The topological polar surface area (TPSA) is 20.3 Å². The Morgan fingerprint density at radius 3 is 2.45 bits per heavy atom. The van der Waals surface area contributed by atoms with Crippen LogP contribution in [-0.2, 0) is 4.79 Å². The van der Waals surface area contributed by atoms with E-state index < -0.39 is 0 Å². The molecule has 0 atom stereocenters. The fourth-order valence-corrected chi connectivity index (χ4v) is 0.503. The summed E-state index contributed by atoms with van der Waals surface area (Å²) in [6, 6.07) is 0. The summed E-state index contributed by atoms with van der Waals surface area (Å²) in [6.07, 6.45) is 7.64. The van der Waals surface area contributed by atoms with Crippen LogP contribution in [0.3, 0.4) is 0 Å². The van der Waals surface area contributed by atoms with Crippen molar-refractivity contribution < 1.29 is 4.79 Å². The quantitative estimate of drug-likeness (QED) is 0.451. The molecule has 0 aromatic carbocycles. The molecule has 0 bridgehead atoms. The molecule has 0 fully saturated rings. The first-order valence-corrected chi connectivity index (χ1v) is 3.71. The monoisotopic (exact) mass is 153 g/mol. The first-order chi connectivity index (χ1) is 5.16. The molecule has 0 aromatic heterocycles. The maximum absolute atomic E-state index is 10.7. The number of rotatable bonds is 4. The molecule has 0 rings (SSSR count). The fourth-order valence-electron chi connectivity index (χ4n) is 0.503. The fraction of sp³-hybridized carbons (Fsp3) is 0.444. The Hall–Kier alpha value is -1.05. The van der Waals surface area contributed by atoms with E-state index in [4.69, 9.17) is 0 Å². The molecule has 0 aliphatic carbocycles. The highest BCUT2D eigenvalue weighted by Crippen LogP contribution is 1.85. The van der Waals surface area contributed by atoms with Gasteiger partial charge in [-0.05, 0) is 18.4 Å². The van der Waals surface area contributed by atoms with E-state index in [0.717, 1.165) is 0 Å². The van der Waals surface area contributed by atoms with Gasteiger partial charge in [0, 0.05) is 20.5 Å². The number of ketones is 1. The van der Waals surface area contributed by atoms with Crippen LogP contribution < -0.4 is 0 Å². The molecule has 0 amide bonds. The first kappa shape index (κ1) is 9.95. The van der Waals surface area contributed by atoms with Crippen LogP contribution in [0.1, 0.15) is 13.3 Å². The molecule has 0 aromatic rings. The summed E-state index contributed by atoms with van der Waals surface area (Å²) < 4.78 is 0. The number of carbonyl (C=O) groups excluding carboxylic acids is 1. The van der Waals surface area contributed by atoms with E-state index in [1.54, 1.807) is 12.2 Å². The van der Waals surface area contributed by atoms with Gasteiger partial charge in [-0.1, -0.05) is 13.0 Å². The lowest BCUT2D eigenvalue weighted by atomic mass is 10.3. The second kappa shape index (κ2) is 5.71. The number of carbonyl (C=O) groups is 1. The van der Waals surface area contributed by atoms with Crippen LogP contribution in [0, 0.1) is 0 Å². The first-order valence-electron chi connectivity index (χ1n) is 3.71. The smallest absolute Gasteiger partial charge is 0.155 e. The van der Waals surface area contributed by atoms with E-state index in [0.29, 0.717) is 6.42 Å². The molecule has 0 saturated carbocycles. The molecule has 0 aliphatic heterocycles. The molecule has 0 spiro atoms. The zero-order chi connectivity index (χ0) is 8.69. The average Bonchev–Trinajstić information content (AvgIpc) is 1.97. The Bertz CT molecular complexity index is 168. The molecule has 11 heavy (non-hydrogen) atoms. The highest BCUT2D eigenvalue weighted by molar-refractivity contribution is 5.89. The van der Waals surface area contributed by atoms with Gasteiger partial charge in [0.2, 0.25) is 0 Å². The maximum atomic E-state index is 10.7. The van der Waals surface area contributed by atoms with Crippen molar-refractivity contribution in [3.05, 3.63) is 24.4 Å². The van der Waals surface area contributed by atoms with Gasteiger partial charge in [-0.25, -0.2) is 0 Å². The molecule has 62 valence electrons. The van der Waals surface area contributed by atoms with E-state index in [2.05, 4.69) is 0 Å². The van der Waals surface area contributed by atoms with Crippen LogP contribution in [-0.4, -0.2) is 24.8 Å². The minimum atomic E-state index is 0.161. The minimum Gasteiger partial charge on any atom is -0.383 e. The summed E-state index contributed by atoms with van der Waals surface area (Å²) in [6.45, 7) is 1.85. The van der Waals surface area contributed by atoms with Gasteiger partial charge in [-0.2, -0.15) is 0 Å². The zero-order valence-electron chi connectivity index (χ0n) is 7.37. The van der Waals surface area contributed by atoms with Crippen molar-refractivity contribution in [3.63, 3.8) is 0 Å². The molecule has 0 radical (unpaired) electrons. The third-order valence-corrected chi connectivity index (χ3v) is 1.13. The van der Waals surface area contributed by atoms with Gasteiger partial charge in [0.05, 0.1) is 0 Å². The molecule has 0 N–H and O–H groups in total. The van der Waals surface area contributed by atoms with Gasteiger partial charge in [-0.3, -0.25) is 4.79 Å². The predicted molar refractivity (Wildman–Crippen MR) is 47.3 cm³/mol. The van der Waals surface area contributed by atoms with Gasteiger partial charge < -0.3 is 4.90 Å². The second-order valence-corrected chi connectivity index (χ2v) is 2.48. The van der Waals surface area contributed by atoms with Gasteiger partial charge >= 0.3 is 0 Å². The Balaban J connectivity index is 3.68. The molecule has 2 nitrogen and oxygen atoms in total. The summed E-state index contributed by atoms with van der Waals surface area (Å²) in [7, 11) is 3.87. The van der Waals surface area contributed by atoms with E-state index in [9.17, 15) is 4.79 Å². The summed E-state index contributed by atoms with van der Waals surface area (Å²) in [4.78, 5) is 12.6. The molecular formula is C9H15NO. The van der Waals surface area contributed by atoms with E-state index in [1.807, 2.05) is 38.2 Å². The standard InChI is InChI=1S/C9H15NO/c1-4-9(11)7-5-6-8-10(2)3/h5-8H,4H2,1-3H3. The van der Waals surface area contributed by atoms with Crippen LogP contribution in [0.4, 0.5) is 0 Å². The van der Waals surface area contributed by atoms with Crippen molar-refractivity contribution in [1.82, 2.24) is 4.90 Å². The molecule has 0 heterocycles. The molecule has 0 saturated heterocycles. The van der Waals surface area contributed by atoms with Crippen LogP contribution in [0.25, 0.3) is 0 Å². The van der Waals surface area contributed by atoms with Gasteiger partial charge in [0.15, 0.2) is 5.78 Å². The highest BCUT2D eigenvalue weighted by Gasteiger charge is 1.85. The van der Waals surface area contributed by atoms with E-state index >= 15 is 0 Å². The minimum absolute atomic E-state index is 0.161. The second-order valence-electron chi connectivity index (χ2n) is 2.48. The van der Waals surface area contributed by atoms with Crippen molar-refractivity contribution in [2.45, 2.75) is 13.3 Å². The summed E-state index contributed by atoms with van der Waals surface area (Å²) >= 11 is 0. The van der Waals surface area contributed by atoms with Crippen molar-refractivity contribution in [3.8, 4) is 0 Å². The van der Waals surface area contributed by atoms with Crippen molar-refractivity contribution >= 4 is 5.78 Å². The van der Waals surface area contributed by atoms with Crippen molar-refractivity contribution in [2.24, 2.45) is 0 Å². The molecule has 0 unspecified atom stereocenters. The SMILES string of the molecule is CCC(=O)C=CC=CN(C)C. The van der Waals surface area contributed by atoms with Crippen molar-refractivity contribution in [2.75, 3.05) is 14.1 Å². The van der Waals surface area contributed by atoms with Gasteiger partial charge in [0.25, 0.3) is 0 Å². The van der Waals surface area contributed by atoms with Crippen LogP contribution in [0.15, 0.2) is 24.4 Å². The lowest BCUT2D eigenvalue weighted by molar-refractivity contribution is -0.114. The molecular weight excluding hydrogens is 138 g/mol. The van der Waals surface area contributed by atoms with Crippen LogP contribution in [0.2, 0.25) is 0 Å². The van der Waals surface area contributed by atoms with Gasteiger partial charge in [0.1, 0.15) is 0 Å². The van der Waals surface area contributed by atoms with E-state index in [-0.39, 0.29) is 5.78 Å². The summed E-state index contributed by atoms with van der Waals surface area (Å²) in [5.41, 5.74) is 0. The summed E-state index contributed by atoms with van der Waals surface area (Å²) in [5, 5.41) is 0. The predicted octanol–water partition coefficient (Wildman–Crippen LogP) is 1.60. The maximum Gasteiger partial charge on any atom is 0.155 e. The lowest BCUT2D eigenvalue weighted by Crippen LogP contribution is -1.99. The highest BCUT2D eigenvalue weighted by atomic mass is 16.1. The Morgan fingerprint density at radius 1 is 1.36 bits per heavy atom. The molecule has 0 aliphatic rings. The average molecular weight is 153 g/mol. The Morgan fingerprint density at radius 2 is 2.00 bits per heavy atom. The third kappa shape index (κ3) is 6.84. The number of hydrogen-bond acceptors (Lipinski definition) is 2. The number of nitrogens with zero attached hydrogens (tertiary/aromatic N) is 1. The third-order valence-electron chi connectivity index (χ3n) is 1.13. The molecule has 2 heteroatoms. The van der Waals surface area contributed by atoms with Gasteiger partial charge in [-0.15, -0.1) is 0 Å². The Labute approximate surface area is 68.2 Å². The number of allylic oxidation sites excluding steroid dienone is 3. The van der Waals surface area contributed by atoms with Crippen LogP contribution in [0.5, 0.6) is 0 Å². The lowest BCUT2D eigenvalue weighted by Gasteiger charge is -2.00. The van der Waals surface area contributed by atoms with Crippen molar-refractivity contribution in [1.29, 1.82) is 0 Å². The Kier molecular flexibility index (Phi) is 5.17. The van der Waals surface area contributed by atoms with E-state index in [1.165, 1.54) is 0 Å².